The van der Waals surface area contributed by atoms with Gasteiger partial charge in [0.2, 0.25) is 0 Å². The lowest BCUT2D eigenvalue weighted by Crippen LogP contribution is -2.49. The highest BCUT2D eigenvalue weighted by atomic mass is 19.1. The van der Waals surface area contributed by atoms with Gasteiger partial charge in [-0.3, -0.25) is 4.90 Å². The Labute approximate surface area is 817 Å². The molecule has 0 atom stereocenters. The van der Waals surface area contributed by atoms with E-state index in [1.807, 2.05) is 70.0 Å². The maximum Gasteiger partial charge on any atom is 0.164 e. The molecule has 8 aromatic carbocycles. The van der Waals surface area contributed by atoms with Crippen LogP contribution in [0, 0.1) is 25.5 Å². The molecular formula is C105H101F2N29O7. The summed E-state index contributed by atoms with van der Waals surface area (Å²) in [7, 11) is 0. The van der Waals surface area contributed by atoms with Crippen molar-refractivity contribution in [2.75, 3.05) is 148 Å². The van der Waals surface area contributed by atoms with Gasteiger partial charge in [0.25, 0.3) is 0 Å². The molecule has 0 unspecified atom stereocenters. The summed E-state index contributed by atoms with van der Waals surface area (Å²) in [5.74, 6) is 3.57. The number of hydrogen-bond acceptors (Lipinski definition) is 32. The Morgan fingerprint density at radius 1 is 0.315 bits per heavy atom. The number of pyridine rings is 4. The van der Waals surface area contributed by atoms with Crippen LogP contribution in [0.4, 0.5) is 55.3 Å². The number of aromatic nitrogens is 20. The van der Waals surface area contributed by atoms with Crippen LogP contribution < -0.4 is 42.5 Å². The average Bonchev–Trinajstić information content (AvgIpc) is 1.63. The molecule has 4 aliphatic rings. The highest BCUT2D eigenvalue weighted by Gasteiger charge is 2.31. The minimum absolute atomic E-state index is 0.156. The first-order valence-electron chi connectivity index (χ1n) is 47.1. The normalized spacial score (nSPS) is 14.3. The topological polar surface area (TPSA) is 455 Å². The smallest absolute Gasteiger partial charge is 0.164 e. The maximum absolute atomic E-state index is 14.2. The largest absolute Gasteiger partial charge is 0.508 e. The van der Waals surface area contributed by atoms with Crippen LogP contribution in [0.1, 0.15) is 47.2 Å². The van der Waals surface area contributed by atoms with E-state index < -0.39 is 11.6 Å². The molecule has 20 aromatic rings. The standard InChI is InChI=1S/C28H29FN8O.C26H24FN7O2.C26H25N7O2.C25H23N7O2/c1-17(2)35-7-9-36(10-8-35)27-20(11-18-5-3-4-6-23(18)33-27)15-37-28-24(26(30)31-16-32-28)25(34-37)19-12-21(29)14-22(38)13-19;1-15-3-2-4-16-9-18(25(31-22(15)16)33-5-7-36-8-6-33)13-34-26-21(24(28)29-14-30-26)23(32-34)17-10-19(27)12-20(35)11-17;1-16-4-2-5-17-12-19(25(30-22(16)17)32-8-10-35-11-9-32)14-33-26-21(24(27)28-15-29-26)23(31-33)18-6-3-7-20(34)13-18;26-23-21-22(17-5-3-6-19(33)13-17)30-32(25(21)28-15-27-23)14-18-12-16-4-1-2-7-20(16)29-24(18)31-8-10-34-11-9-31/h3-6,11-14,16-17,38H,7-10,15H2,1-2H3,(H2,30,31,32);2-4,9-12,14,35H,5-8,13H2,1H3,(H2,28,29,30);2-7,12-13,15,34H,8-11,14H2,1H3,(H2,27,28,29);1-7,12-13,15,33H,8-11,14H2,(H2,26,27,28). The van der Waals surface area contributed by atoms with Crippen LogP contribution >= 0.6 is 0 Å². The number of para-hydroxylation sites is 4. The van der Waals surface area contributed by atoms with Gasteiger partial charge in [0.05, 0.1) is 109 Å². The van der Waals surface area contributed by atoms with Crippen molar-refractivity contribution in [3.05, 3.63) is 264 Å². The number of halogens is 2. The summed E-state index contributed by atoms with van der Waals surface area (Å²) in [6.45, 7) is 22.5. The molecule has 12 aromatic heterocycles. The molecule has 16 heterocycles. The minimum Gasteiger partial charge on any atom is -0.508 e. The Morgan fingerprint density at radius 3 is 0.951 bits per heavy atom. The van der Waals surface area contributed by atoms with Crippen molar-refractivity contribution in [1.82, 2.24) is 104 Å². The van der Waals surface area contributed by atoms with Crippen molar-refractivity contribution >= 4 is 134 Å². The number of phenolic OH excluding ortho intramolecular Hbond substituents is 4. The molecule has 36 nitrogen and oxygen atoms in total. The Morgan fingerprint density at radius 2 is 0.615 bits per heavy atom. The SMILES string of the molecule is CC(C)N1CCN(c2nc3ccccc3cc2Cn2nc(-c3cc(O)cc(F)c3)c3c(N)ncnc32)CC1.Cc1cccc2cc(Cn3nc(-c4cc(O)cc(F)c4)c4c(N)ncnc43)c(N3CCOCC3)nc12.Cc1cccc2cc(Cn3nc(-c4cccc(O)c4)c4c(N)ncnc43)c(N3CCOCC3)nc12.Nc1ncnc2c1c(-c1cccc(O)c1)nn2Cc1cc2ccccc2nc1N1CCOCC1. The molecule has 722 valence electrons. The number of nitrogens with zero attached hydrogens (tertiary/aromatic N) is 25. The second-order valence-corrected chi connectivity index (χ2v) is 35.8. The number of piperazine rings is 1. The van der Waals surface area contributed by atoms with E-state index in [4.69, 9.17) is 77.5 Å². The van der Waals surface area contributed by atoms with Crippen molar-refractivity contribution in [3.63, 3.8) is 0 Å². The first-order chi connectivity index (χ1) is 69.6. The fourth-order valence-corrected chi connectivity index (χ4v) is 19.1. The zero-order valence-corrected chi connectivity index (χ0v) is 78.8. The number of phenols is 4. The number of hydrogen-bond donors (Lipinski definition) is 8. The number of rotatable bonds is 17. The van der Waals surface area contributed by atoms with E-state index in [2.05, 4.69) is 153 Å². The van der Waals surface area contributed by atoms with Crippen LogP contribution in [0.5, 0.6) is 23.0 Å². The first kappa shape index (κ1) is 92.3. The number of anilines is 8. The predicted molar refractivity (Wildman–Crippen MR) is 548 cm³/mol. The highest BCUT2D eigenvalue weighted by Crippen LogP contribution is 2.42. The number of ether oxygens (including phenoxy) is 3. The quantitative estimate of drug-likeness (QED) is 0.0420. The summed E-state index contributed by atoms with van der Waals surface area (Å²) >= 11 is 0. The third kappa shape index (κ3) is 19.0. The van der Waals surface area contributed by atoms with Gasteiger partial charge in [-0.25, -0.2) is 87.3 Å². The monoisotopic (exact) mass is 1920 g/mol. The zero-order chi connectivity index (χ0) is 98.2. The third-order valence-corrected chi connectivity index (χ3v) is 26.1. The van der Waals surface area contributed by atoms with Crippen molar-refractivity contribution in [3.8, 4) is 68.0 Å². The summed E-state index contributed by atoms with van der Waals surface area (Å²) in [6, 6.07) is 59.2. The molecule has 12 N–H and O–H groups in total. The molecule has 0 amide bonds. The number of morpholine rings is 3. The van der Waals surface area contributed by atoms with E-state index in [0.29, 0.717) is 162 Å². The second kappa shape index (κ2) is 39.7. The van der Waals surface area contributed by atoms with E-state index in [1.165, 1.54) is 49.6 Å². The maximum atomic E-state index is 14.2. The molecule has 0 aliphatic carbocycles. The van der Waals surface area contributed by atoms with E-state index in [0.717, 1.165) is 189 Å². The van der Waals surface area contributed by atoms with Crippen LogP contribution in [-0.2, 0) is 40.4 Å². The van der Waals surface area contributed by atoms with Crippen LogP contribution in [0.2, 0.25) is 0 Å². The predicted octanol–water partition coefficient (Wildman–Crippen LogP) is 14.4. The number of fused-ring (bicyclic) bond motifs is 8. The molecule has 143 heavy (non-hydrogen) atoms. The lowest BCUT2D eigenvalue weighted by Gasteiger charge is -2.38. The van der Waals surface area contributed by atoms with Crippen molar-refractivity contribution in [2.45, 2.75) is 59.9 Å². The Hall–Kier alpha value is -17.1. The van der Waals surface area contributed by atoms with Gasteiger partial charge in [0.1, 0.15) is 129 Å². The Balaban J connectivity index is 0.000000113. The van der Waals surface area contributed by atoms with Gasteiger partial charge in [-0.15, -0.1) is 0 Å². The van der Waals surface area contributed by atoms with E-state index >= 15 is 0 Å². The summed E-state index contributed by atoms with van der Waals surface area (Å²) < 4.78 is 52.2. The molecular weight excluding hydrogens is 1820 g/mol. The highest BCUT2D eigenvalue weighted by molar-refractivity contribution is 6.02. The van der Waals surface area contributed by atoms with Crippen LogP contribution in [-0.4, -0.2) is 235 Å². The molecule has 4 aliphatic heterocycles. The molecule has 0 bridgehead atoms. The van der Waals surface area contributed by atoms with Gasteiger partial charge < -0.3 is 77.2 Å². The molecule has 4 fully saturated rings. The molecule has 0 saturated carbocycles. The van der Waals surface area contributed by atoms with E-state index in [-0.39, 0.29) is 34.6 Å². The summed E-state index contributed by atoms with van der Waals surface area (Å²) in [5, 5.41) is 65.9. The number of aromatic hydroxyl groups is 4. The van der Waals surface area contributed by atoms with Gasteiger partial charge in [-0.05, 0) is 124 Å². The fourth-order valence-electron chi connectivity index (χ4n) is 19.1. The van der Waals surface area contributed by atoms with Crippen LogP contribution in [0.25, 0.3) is 133 Å². The average molecular weight is 1920 g/mol. The molecule has 24 rings (SSSR count). The summed E-state index contributed by atoms with van der Waals surface area (Å²) in [4.78, 5) is 66.4. The molecule has 4 saturated heterocycles. The molecule has 38 heteroatoms. The number of nitrogen functional groups attached to an aromatic ring is 4. The zero-order valence-electron chi connectivity index (χ0n) is 78.8. The van der Waals surface area contributed by atoms with Gasteiger partial charge in [-0.2, -0.15) is 20.4 Å². The Bertz CT molecular complexity index is 8180. The number of aryl methyl sites for hydroxylation is 2. The fraction of sp³-hybridized carbons (Fsp3) is 0.238. The summed E-state index contributed by atoms with van der Waals surface area (Å²) in [5.41, 5.74) is 41.8. The van der Waals surface area contributed by atoms with Crippen molar-refractivity contribution < 1.29 is 43.4 Å². The lowest BCUT2D eigenvalue weighted by molar-refractivity contribution is 0.122. The first-order valence-corrected chi connectivity index (χ1v) is 47.1. The van der Waals surface area contributed by atoms with Gasteiger partial charge in [0, 0.05) is 150 Å². The van der Waals surface area contributed by atoms with Crippen molar-refractivity contribution in [2.24, 2.45) is 0 Å². The van der Waals surface area contributed by atoms with Crippen molar-refractivity contribution in [1.29, 1.82) is 0 Å². The second-order valence-electron chi connectivity index (χ2n) is 35.8. The molecule has 0 radical (unpaired) electrons. The van der Waals surface area contributed by atoms with Gasteiger partial charge >= 0.3 is 0 Å². The van der Waals surface area contributed by atoms with E-state index in [9.17, 15) is 29.2 Å². The third-order valence-electron chi connectivity index (χ3n) is 26.1. The Kier molecular flexibility index (Phi) is 25.6. The minimum atomic E-state index is -0.577. The van der Waals surface area contributed by atoms with E-state index in [1.54, 1.807) is 45.8 Å². The number of benzene rings is 8. The van der Waals surface area contributed by atoms with Gasteiger partial charge in [-0.1, -0.05) is 97.1 Å². The molecule has 0 spiro atoms. The van der Waals surface area contributed by atoms with Crippen LogP contribution in [0.15, 0.2) is 219 Å². The number of nitrogens with two attached hydrogens (primary N) is 4. The lowest BCUT2D eigenvalue weighted by atomic mass is 10.1. The van der Waals surface area contributed by atoms with Crippen LogP contribution in [0.3, 0.4) is 0 Å². The van der Waals surface area contributed by atoms with Gasteiger partial charge in [0.15, 0.2) is 22.6 Å². The summed E-state index contributed by atoms with van der Waals surface area (Å²) in [6.07, 6.45) is 5.68.